The third-order valence-corrected chi connectivity index (χ3v) is 6.34. The van der Waals surface area contributed by atoms with E-state index in [4.69, 9.17) is 4.74 Å². The van der Waals surface area contributed by atoms with E-state index >= 15 is 0 Å². The summed E-state index contributed by atoms with van der Waals surface area (Å²) in [5, 5.41) is 0. The zero-order valence-electron chi connectivity index (χ0n) is 21.1. The lowest BCUT2D eigenvalue weighted by Crippen LogP contribution is -2.21. The van der Waals surface area contributed by atoms with Gasteiger partial charge in [0.25, 0.3) is 0 Å². The van der Waals surface area contributed by atoms with Gasteiger partial charge in [-0.2, -0.15) is 0 Å². The molecule has 2 aromatic carbocycles. The molecule has 0 heterocycles. The fourth-order valence-corrected chi connectivity index (χ4v) is 4.84. The van der Waals surface area contributed by atoms with Crippen LogP contribution in [-0.4, -0.2) is 12.2 Å². The van der Waals surface area contributed by atoms with E-state index < -0.39 is 0 Å². The van der Waals surface area contributed by atoms with E-state index in [9.17, 15) is 0 Å². The Balaban J connectivity index is 1.67. The van der Waals surface area contributed by atoms with E-state index in [1.807, 2.05) is 0 Å². The van der Waals surface area contributed by atoms with Crippen LogP contribution in [0.25, 0.3) is 0 Å². The topological polar surface area (TPSA) is 9.23 Å². The highest BCUT2D eigenvalue weighted by atomic mass is 16.5. The molecule has 1 nitrogen and oxygen atoms in total. The van der Waals surface area contributed by atoms with Gasteiger partial charge < -0.3 is 4.74 Å². The number of hydrogen-bond acceptors (Lipinski definition) is 1. The Morgan fingerprint density at radius 3 is 1.23 bits per heavy atom. The van der Waals surface area contributed by atoms with Crippen LogP contribution in [0.5, 0.6) is 0 Å². The summed E-state index contributed by atoms with van der Waals surface area (Å²) < 4.78 is 6.53. The van der Waals surface area contributed by atoms with Gasteiger partial charge in [0.05, 0.1) is 12.2 Å². The van der Waals surface area contributed by atoms with Crippen LogP contribution in [-0.2, 0) is 17.6 Å². The molecule has 0 aliphatic rings. The zero-order chi connectivity index (χ0) is 22.6. The molecule has 0 spiro atoms. The van der Waals surface area contributed by atoms with E-state index in [1.54, 1.807) is 0 Å². The first-order chi connectivity index (χ1) is 14.9. The Hall–Kier alpha value is -1.60. The van der Waals surface area contributed by atoms with Gasteiger partial charge in [-0.15, -0.1) is 0 Å². The van der Waals surface area contributed by atoms with Gasteiger partial charge in [-0.3, -0.25) is 0 Å². The Morgan fingerprint density at radius 1 is 0.548 bits per heavy atom. The van der Waals surface area contributed by atoms with Gasteiger partial charge >= 0.3 is 0 Å². The standard InChI is InChI=1S/C30H46O/c1-7-29(15-11-9-13-27-19-23(3)17-24(4)20-27)31-30(8-2)16-12-10-14-28-21-25(5)18-26(6)22-28/h17-22,29-30H,7-16H2,1-6H3. The maximum absolute atomic E-state index is 6.53. The second-order valence-electron chi connectivity index (χ2n) is 9.68. The maximum Gasteiger partial charge on any atom is 0.0576 e. The van der Waals surface area contributed by atoms with Crippen molar-refractivity contribution in [2.24, 2.45) is 0 Å². The molecular weight excluding hydrogens is 376 g/mol. The van der Waals surface area contributed by atoms with Gasteiger partial charge in [-0.1, -0.05) is 85.3 Å². The molecule has 0 bridgehead atoms. The van der Waals surface area contributed by atoms with Crippen molar-refractivity contribution in [3.05, 3.63) is 69.8 Å². The normalized spacial score (nSPS) is 13.4. The Kier molecular flexibility index (Phi) is 11.4. The molecule has 0 radical (unpaired) electrons. The number of unbranched alkanes of at least 4 members (excludes halogenated alkanes) is 2. The Bertz CT molecular complexity index is 670. The monoisotopic (exact) mass is 422 g/mol. The summed E-state index contributed by atoms with van der Waals surface area (Å²) in [6, 6.07) is 13.9. The van der Waals surface area contributed by atoms with Crippen LogP contribution in [0.2, 0.25) is 0 Å². The van der Waals surface area contributed by atoms with Crippen LogP contribution in [0.15, 0.2) is 36.4 Å². The fraction of sp³-hybridized carbons (Fsp3) is 0.600. The quantitative estimate of drug-likeness (QED) is 0.277. The van der Waals surface area contributed by atoms with Crippen molar-refractivity contribution in [1.29, 1.82) is 0 Å². The average molecular weight is 423 g/mol. The molecule has 0 aliphatic carbocycles. The van der Waals surface area contributed by atoms with Gasteiger partial charge in [0.1, 0.15) is 0 Å². The highest BCUT2D eigenvalue weighted by Crippen LogP contribution is 2.19. The van der Waals surface area contributed by atoms with Crippen LogP contribution in [0.4, 0.5) is 0 Å². The summed E-state index contributed by atoms with van der Waals surface area (Å²) in [5.41, 5.74) is 8.51. The van der Waals surface area contributed by atoms with Crippen molar-refractivity contribution in [3.8, 4) is 0 Å². The van der Waals surface area contributed by atoms with E-state index in [0.717, 1.165) is 12.8 Å². The first-order valence-electron chi connectivity index (χ1n) is 12.7. The highest BCUT2D eigenvalue weighted by Gasteiger charge is 2.14. The number of rotatable bonds is 14. The highest BCUT2D eigenvalue weighted by molar-refractivity contribution is 5.29. The van der Waals surface area contributed by atoms with Crippen molar-refractivity contribution in [2.75, 3.05) is 0 Å². The number of ether oxygens (including phenoxy) is 1. The largest absolute Gasteiger partial charge is 0.375 e. The summed E-state index contributed by atoms with van der Waals surface area (Å²) in [7, 11) is 0. The lowest BCUT2D eigenvalue weighted by molar-refractivity contribution is -0.0256. The van der Waals surface area contributed by atoms with Crippen LogP contribution in [0.1, 0.15) is 98.6 Å². The molecular formula is C30H46O. The van der Waals surface area contributed by atoms with Crippen LogP contribution in [0.3, 0.4) is 0 Å². The summed E-state index contributed by atoms with van der Waals surface area (Å²) in [6.07, 6.45) is 12.9. The predicted molar refractivity (Wildman–Crippen MR) is 136 cm³/mol. The number of hydrogen-bond donors (Lipinski definition) is 0. The van der Waals surface area contributed by atoms with Crippen LogP contribution in [0, 0.1) is 27.7 Å². The minimum atomic E-state index is 0.420. The summed E-state index contributed by atoms with van der Waals surface area (Å²) in [6.45, 7) is 13.4. The molecule has 0 fully saturated rings. The first-order valence-corrected chi connectivity index (χ1v) is 12.7. The third-order valence-electron chi connectivity index (χ3n) is 6.34. The smallest absolute Gasteiger partial charge is 0.0576 e. The Morgan fingerprint density at radius 2 is 0.903 bits per heavy atom. The van der Waals surface area contributed by atoms with Crippen molar-refractivity contribution < 1.29 is 4.74 Å². The Labute approximate surface area is 192 Å². The van der Waals surface area contributed by atoms with Gasteiger partial charge in [-0.05, 0) is 90.2 Å². The lowest BCUT2D eigenvalue weighted by Gasteiger charge is -2.23. The molecule has 2 unspecified atom stereocenters. The molecule has 0 N–H and O–H groups in total. The van der Waals surface area contributed by atoms with E-state index in [-0.39, 0.29) is 0 Å². The fourth-order valence-electron chi connectivity index (χ4n) is 4.84. The SMILES string of the molecule is CCC(CCCCc1cc(C)cc(C)c1)OC(CC)CCCCc1cc(C)cc(C)c1. The second kappa shape index (κ2) is 13.7. The number of benzene rings is 2. The van der Waals surface area contributed by atoms with Crippen molar-refractivity contribution in [3.63, 3.8) is 0 Å². The minimum absolute atomic E-state index is 0.420. The molecule has 0 saturated carbocycles. The molecule has 2 atom stereocenters. The predicted octanol–water partition coefficient (Wildman–Crippen LogP) is 8.62. The van der Waals surface area contributed by atoms with Gasteiger partial charge in [0, 0.05) is 0 Å². The van der Waals surface area contributed by atoms with Crippen molar-refractivity contribution in [2.45, 2.75) is 118 Å². The van der Waals surface area contributed by atoms with Crippen molar-refractivity contribution in [1.82, 2.24) is 0 Å². The molecule has 172 valence electrons. The zero-order valence-corrected chi connectivity index (χ0v) is 21.1. The molecule has 0 amide bonds. The third kappa shape index (κ3) is 10.0. The molecule has 1 heteroatoms. The van der Waals surface area contributed by atoms with E-state index in [2.05, 4.69) is 77.9 Å². The summed E-state index contributed by atoms with van der Waals surface area (Å²) >= 11 is 0. The molecule has 31 heavy (non-hydrogen) atoms. The molecule has 2 rings (SSSR count). The molecule has 0 saturated heterocycles. The summed E-state index contributed by atoms with van der Waals surface area (Å²) in [5.74, 6) is 0. The van der Waals surface area contributed by atoms with Crippen LogP contribution < -0.4 is 0 Å². The first kappa shape index (κ1) is 25.7. The van der Waals surface area contributed by atoms with Crippen LogP contribution >= 0.6 is 0 Å². The van der Waals surface area contributed by atoms with Gasteiger partial charge in [0.2, 0.25) is 0 Å². The minimum Gasteiger partial charge on any atom is -0.375 e. The number of aryl methyl sites for hydroxylation is 6. The van der Waals surface area contributed by atoms with Gasteiger partial charge in [0.15, 0.2) is 0 Å². The maximum atomic E-state index is 6.53. The molecule has 0 aliphatic heterocycles. The van der Waals surface area contributed by atoms with Gasteiger partial charge in [-0.25, -0.2) is 0 Å². The summed E-state index contributed by atoms with van der Waals surface area (Å²) in [4.78, 5) is 0. The van der Waals surface area contributed by atoms with Crippen molar-refractivity contribution >= 4 is 0 Å². The second-order valence-corrected chi connectivity index (χ2v) is 9.68. The van der Waals surface area contributed by atoms with E-state index in [0.29, 0.717) is 12.2 Å². The molecule has 0 aromatic heterocycles. The lowest BCUT2D eigenvalue weighted by atomic mass is 10.00. The average Bonchev–Trinajstić information content (AvgIpc) is 2.70. The molecule has 2 aromatic rings. The van der Waals surface area contributed by atoms with E-state index in [1.165, 1.54) is 84.7 Å².